The molecule has 1 heterocycles. The van der Waals surface area contributed by atoms with Crippen LogP contribution < -0.4 is 0 Å². The number of unbranched alkanes of at least 4 members (excludes halogenated alkanes) is 1. The van der Waals surface area contributed by atoms with E-state index in [0.29, 0.717) is 0 Å². The van der Waals surface area contributed by atoms with Crippen LogP contribution in [0.3, 0.4) is 0 Å². The molecule has 2 heteroatoms. The highest BCUT2D eigenvalue weighted by Gasteiger charge is 2.15. The number of rotatable bonds is 4. The molecule has 70 valence electrons. The van der Waals surface area contributed by atoms with Crippen molar-refractivity contribution in [3.8, 4) is 0 Å². The van der Waals surface area contributed by atoms with Crippen LogP contribution in [-0.2, 0) is 0 Å². The van der Waals surface area contributed by atoms with Gasteiger partial charge in [-0.1, -0.05) is 6.08 Å². The third kappa shape index (κ3) is 3.37. The van der Waals surface area contributed by atoms with Crippen LogP contribution in [0.4, 0.5) is 0 Å². The maximum absolute atomic E-state index is 9.26. The first-order valence-electron chi connectivity index (χ1n) is 4.84. The van der Waals surface area contributed by atoms with Crippen molar-refractivity contribution < 1.29 is 5.11 Å². The van der Waals surface area contributed by atoms with Gasteiger partial charge >= 0.3 is 0 Å². The first-order valence-corrected chi connectivity index (χ1v) is 4.84. The standard InChI is InChI=1S/C10H19NO/c1-2-3-4-7-11-8-5-10(12)6-9-11/h2,10,12H,1,3-9H2. The lowest BCUT2D eigenvalue weighted by Gasteiger charge is -2.29. The normalized spacial score (nSPS) is 21.1. The summed E-state index contributed by atoms with van der Waals surface area (Å²) in [6.07, 6.45) is 6.15. The van der Waals surface area contributed by atoms with Gasteiger partial charge in [0.1, 0.15) is 0 Å². The van der Waals surface area contributed by atoms with Crippen LogP contribution in [-0.4, -0.2) is 35.7 Å². The molecule has 0 aliphatic carbocycles. The highest BCUT2D eigenvalue weighted by Crippen LogP contribution is 2.10. The lowest BCUT2D eigenvalue weighted by Crippen LogP contribution is -2.36. The number of piperidine rings is 1. The molecule has 1 rings (SSSR count). The maximum Gasteiger partial charge on any atom is 0.0564 e. The molecule has 1 N–H and O–H groups in total. The SMILES string of the molecule is C=CCCCN1CCC(O)CC1. The number of aliphatic hydroxyl groups excluding tert-OH is 1. The molecule has 1 saturated heterocycles. The summed E-state index contributed by atoms with van der Waals surface area (Å²) in [5.41, 5.74) is 0. The Balaban J connectivity index is 2.05. The fourth-order valence-corrected chi connectivity index (χ4v) is 1.60. The van der Waals surface area contributed by atoms with Crippen LogP contribution in [0, 0.1) is 0 Å². The average Bonchev–Trinajstić information content (AvgIpc) is 2.09. The smallest absolute Gasteiger partial charge is 0.0564 e. The minimum absolute atomic E-state index is 0.0411. The molecule has 0 aromatic rings. The van der Waals surface area contributed by atoms with Crippen molar-refractivity contribution in [2.24, 2.45) is 0 Å². The van der Waals surface area contributed by atoms with Gasteiger partial charge in [0.2, 0.25) is 0 Å². The van der Waals surface area contributed by atoms with E-state index < -0.39 is 0 Å². The highest BCUT2D eigenvalue weighted by molar-refractivity contribution is 4.72. The van der Waals surface area contributed by atoms with E-state index in [4.69, 9.17) is 0 Å². The van der Waals surface area contributed by atoms with Gasteiger partial charge < -0.3 is 10.0 Å². The van der Waals surface area contributed by atoms with Crippen LogP contribution in [0.5, 0.6) is 0 Å². The lowest BCUT2D eigenvalue weighted by molar-refractivity contribution is 0.0822. The lowest BCUT2D eigenvalue weighted by atomic mass is 10.1. The first kappa shape index (κ1) is 9.75. The molecule has 0 radical (unpaired) electrons. The minimum atomic E-state index is -0.0411. The largest absolute Gasteiger partial charge is 0.393 e. The Morgan fingerprint density at radius 1 is 1.42 bits per heavy atom. The molecular formula is C10H19NO. The third-order valence-electron chi connectivity index (χ3n) is 2.44. The van der Waals surface area contributed by atoms with E-state index >= 15 is 0 Å². The molecule has 0 aromatic carbocycles. The molecule has 1 aliphatic heterocycles. The van der Waals surface area contributed by atoms with Crippen LogP contribution >= 0.6 is 0 Å². The van der Waals surface area contributed by atoms with Gasteiger partial charge in [-0.25, -0.2) is 0 Å². The van der Waals surface area contributed by atoms with Crippen molar-refractivity contribution in [2.75, 3.05) is 19.6 Å². The van der Waals surface area contributed by atoms with Crippen molar-refractivity contribution >= 4 is 0 Å². The number of nitrogens with zero attached hydrogens (tertiary/aromatic N) is 1. The summed E-state index contributed by atoms with van der Waals surface area (Å²) in [5, 5.41) is 9.26. The third-order valence-corrected chi connectivity index (χ3v) is 2.44. The predicted molar refractivity (Wildman–Crippen MR) is 51.1 cm³/mol. The molecule has 1 aliphatic rings. The second-order valence-electron chi connectivity index (χ2n) is 3.50. The Bertz CT molecular complexity index is 128. The summed E-state index contributed by atoms with van der Waals surface area (Å²) in [6, 6.07) is 0. The Morgan fingerprint density at radius 2 is 2.08 bits per heavy atom. The maximum atomic E-state index is 9.26. The fourth-order valence-electron chi connectivity index (χ4n) is 1.60. The Morgan fingerprint density at radius 3 is 2.67 bits per heavy atom. The zero-order valence-corrected chi connectivity index (χ0v) is 7.71. The number of aliphatic hydroxyl groups is 1. The summed E-state index contributed by atoms with van der Waals surface area (Å²) in [5.74, 6) is 0. The fraction of sp³-hybridized carbons (Fsp3) is 0.800. The zero-order valence-electron chi connectivity index (χ0n) is 7.71. The van der Waals surface area contributed by atoms with Crippen LogP contribution in [0.1, 0.15) is 25.7 Å². The molecule has 0 saturated carbocycles. The van der Waals surface area contributed by atoms with Crippen LogP contribution in [0.25, 0.3) is 0 Å². The van der Waals surface area contributed by atoms with Crippen molar-refractivity contribution in [3.05, 3.63) is 12.7 Å². The van der Waals surface area contributed by atoms with E-state index in [0.717, 1.165) is 32.4 Å². The summed E-state index contributed by atoms with van der Waals surface area (Å²) in [4.78, 5) is 2.43. The number of likely N-dealkylation sites (tertiary alicyclic amines) is 1. The van der Waals surface area contributed by atoms with Crippen molar-refractivity contribution in [1.82, 2.24) is 4.90 Å². The monoisotopic (exact) mass is 169 g/mol. The molecule has 0 aromatic heterocycles. The molecule has 0 bridgehead atoms. The Kier molecular flexibility index (Phi) is 4.33. The van der Waals surface area contributed by atoms with Crippen molar-refractivity contribution in [2.45, 2.75) is 31.8 Å². The molecule has 2 nitrogen and oxygen atoms in total. The van der Waals surface area contributed by atoms with E-state index in [1.54, 1.807) is 0 Å². The first-order chi connectivity index (χ1) is 5.83. The van der Waals surface area contributed by atoms with Crippen molar-refractivity contribution in [3.63, 3.8) is 0 Å². The Labute approximate surface area is 74.9 Å². The molecule has 0 amide bonds. The second kappa shape index (κ2) is 5.33. The van der Waals surface area contributed by atoms with E-state index in [1.807, 2.05) is 6.08 Å². The summed E-state index contributed by atoms with van der Waals surface area (Å²) >= 11 is 0. The van der Waals surface area contributed by atoms with E-state index in [1.165, 1.54) is 13.0 Å². The van der Waals surface area contributed by atoms with E-state index in [2.05, 4.69) is 11.5 Å². The minimum Gasteiger partial charge on any atom is -0.393 e. The van der Waals surface area contributed by atoms with Crippen LogP contribution in [0.15, 0.2) is 12.7 Å². The average molecular weight is 169 g/mol. The predicted octanol–water partition coefficient (Wildman–Crippen LogP) is 1.41. The number of hydrogen-bond acceptors (Lipinski definition) is 2. The van der Waals surface area contributed by atoms with Gasteiger partial charge in [-0.3, -0.25) is 0 Å². The van der Waals surface area contributed by atoms with Gasteiger partial charge in [0.05, 0.1) is 6.10 Å². The molecular weight excluding hydrogens is 150 g/mol. The van der Waals surface area contributed by atoms with Gasteiger partial charge in [-0.2, -0.15) is 0 Å². The quantitative estimate of drug-likeness (QED) is 0.508. The van der Waals surface area contributed by atoms with E-state index in [9.17, 15) is 5.11 Å². The summed E-state index contributed by atoms with van der Waals surface area (Å²) in [7, 11) is 0. The summed E-state index contributed by atoms with van der Waals surface area (Å²) < 4.78 is 0. The second-order valence-corrected chi connectivity index (χ2v) is 3.50. The Hall–Kier alpha value is -0.340. The van der Waals surface area contributed by atoms with Gasteiger partial charge in [-0.05, 0) is 32.2 Å². The molecule has 0 unspecified atom stereocenters. The summed E-state index contributed by atoms with van der Waals surface area (Å²) in [6.45, 7) is 7.00. The number of allylic oxidation sites excluding steroid dienone is 1. The molecule has 1 fully saturated rings. The molecule has 12 heavy (non-hydrogen) atoms. The van der Waals surface area contributed by atoms with Crippen LogP contribution in [0.2, 0.25) is 0 Å². The van der Waals surface area contributed by atoms with Gasteiger partial charge in [-0.15, -0.1) is 6.58 Å². The zero-order chi connectivity index (χ0) is 8.81. The molecule has 0 atom stereocenters. The topological polar surface area (TPSA) is 23.5 Å². The van der Waals surface area contributed by atoms with E-state index in [-0.39, 0.29) is 6.10 Å². The van der Waals surface area contributed by atoms with Gasteiger partial charge in [0.25, 0.3) is 0 Å². The van der Waals surface area contributed by atoms with Gasteiger partial charge in [0, 0.05) is 13.1 Å². The van der Waals surface area contributed by atoms with Gasteiger partial charge in [0.15, 0.2) is 0 Å². The molecule has 0 spiro atoms. The van der Waals surface area contributed by atoms with Crippen molar-refractivity contribution in [1.29, 1.82) is 0 Å². The number of hydrogen-bond donors (Lipinski definition) is 1. The highest BCUT2D eigenvalue weighted by atomic mass is 16.3.